The Morgan fingerprint density at radius 2 is 1.84 bits per heavy atom. The first-order chi connectivity index (χ1) is 9.34. The summed E-state index contributed by atoms with van der Waals surface area (Å²) in [5.74, 6) is 1.01. The summed E-state index contributed by atoms with van der Waals surface area (Å²) in [7, 11) is 0. The number of benzene rings is 1. The largest absolute Gasteiger partial charge is 0.349 e. The van der Waals surface area contributed by atoms with E-state index in [2.05, 4.69) is 34.9 Å². The molecule has 0 bridgehead atoms. The van der Waals surface area contributed by atoms with Gasteiger partial charge in [-0.1, -0.05) is 43.2 Å². The van der Waals surface area contributed by atoms with Crippen LogP contribution in [0.5, 0.6) is 0 Å². The van der Waals surface area contributed by atoms with E-state index in [4.69, 9.17) is 0 Å². The number of nitrogens with one attached hydrogen (secondary N) is 2. The van der Waals surface area contributed by atoms with Gasteiger partial charge in [0.25, 0.3) is 0 Å². The predicted octanol–water partition coefficient (Wildman–Crippen LogP) is 2.25. The lowest BCUT2D eigenvalue weighted by molar-refractivity contribution is -0.127. The molecule has 1 unspecified atom stereocenters. The summed E-state index contributed by atoms with van der Waals surface area (Å²) in [6.07, 6.45) is 5.08. The molecular formula is C16H22N2O. The van der Waals surface area contributed by atoms with Crippen molar-refractivity contribution >= 4 is 5.91 Å². The molecule has 0 aromatic heterocycles. The van der Waals surface area contributed by atoms with Crippen molar-refractivity contribution in [2.24, 2.45) is 11.8 Å². The van der Waals surface area contributed by atoms with E-state index in [1.54, 1.807) is 0 Å². The smallest absolute Gasteiger partial charge is 0.226 e. The van der Waals surface area contributed by atoms with Gasteiger partial charge in [0.1, 0.15) is 0 Å². The van der Waals surface area contributed by atoms with Gasteiger partial charge >= 0.3 is 0 Å². The zero-order chi connectivity index (χ0) is 13.1. The van der Waals surface area contributed by atoms with Gasteiger partial charge in [-0.15, -0.1) is 0 Å². The number of hydrogen-bond acceptors (Lipinski definition) is 2. The van der Waals surface area contributed by atoms with Crippen LogP contribution < -0.4 is 10.6 Å². The molecule has 1 amide bonds. The molecule has 3 rings (SSSR count). The van der Waals surface area contributed by atoms with Crippen LogP contribution in [0.4, 0.5) is 0 Å². The Morgan fingerprint density at radius 1 is 1.16 bits per heavy atom. The van der Waals surface area contributed by atoms with Crippen LogP contribution in [0.15, 0.2) is 30.3 Å². The average Bonchev–Trinajstić information content (AvgIpc) is 2.88. The Bertz CT molecular complexity index is 422. The second kappa shape index (κ2) is 5.74. The van der Waals surface area contributed by atoms with Crippen LogP contribution in [-0.4, -0.2) is 19.0 Å². The fraction of sp³-hybridized carbons (Fsp3) is 0.562. The van der Waals surface area contributed by atoms with Crippen LogP contribution in [-0.2, 0) is 4.79 Å². The number of hydrogen-bond donors (Lipinski definition) is 2. The lowest BCUT2D eigenvalue weighted by Crippen LogP contribution is -2.51. The topological polar surface area (TPSA) is 41.1 Å². The molecule has 1 heterocycles. The number of carbonyl (C=O) groups excluding carboxylic acids is 1. The van der Waals surface area contributed by atoms with E-state index in [-0.39, 0.29) is 17.9 Å². The first-order valence-electron chi connectivity index (χ1n) is 7.40. The summed E-state index contributed by atoms with van der Waals surface area (Å²) in [5, 5.41) is 6.46. The molecule has 19 heavy (non-hydrogen) atoms. The first-order valence-corrected chi connectivity index (χ1v) is 7.40. The highest BCUT2D eigenvalue weighted by Gasteiger charge is 2.31. The molecule has 1 saturated carbocycles. The normalized spacial score (nSPS) is 21.9. The number of carbonyl (C=O) groups is 1. The molecule has 0 spiro atoms. The van der Waals surface area contributed by atoms with Crippen LogP contribution in [0.2, 0.25) is 0 Å². The van der Waals surface area contributed by atoms with Crippen molar-refractivity contribution in [3.8, 4) is 0 Å². The first kappa shape index (κ1) is 12.7. The van der Waals surface area contributed by atoms with Gasteiger partial charge < -0.3 is 10.6 Å². The molecule has 2 N–H and O–H groups in total. The Labute approximate surface area is 114 Å². The third-order valence-corrected chi connectivity index (χ3v) is 4.48. The van der Waals surface area contributed by atoms with Crippen LogP contribution in [0.1, 0.15) is 37.3 Å². The molecule has 1 aromatic rings. The van der Waals surface area contributed by atoms with E-state index in [9.17, 15) is 4.79 Å². The van der Waals surface area contributed by atoms with E-state index in [0.29, 0.717) is 5.92 Å². The van der Waals surface area contributed by atoms with E-state index in [0.717, 1.165) is 13.1 Å². The molecule has 1 saturated heterocycles. The molecule has 3 nitrogen and oxygen atoms in total. The van der Waals surface area contributed by atoms with Gasteiger partial charge in [-0.25, -0.2) is 0 Å². The molecule has 2 fully saturated rings. The third kappa shape index (κ3) is 2.81. The summed E-state index contributed by atoms with van der Waals surface area (Å²) in [6, 6.07) is 10.6. The standard InChI is InChI=1S/C16H22N2O/c19-16(14-10-17-11-14)18-15(13-8-4-5-9-13)12-6-2-1-3-7-12/h1-3,6-7,13-15,17H,4-5,8-11H2,(H,18,19). The fourth-order valence-electron chi connectivity index (χ4n) is 3.17. The molecular weight excluding hydrogens is 236 g/mol. The summed E-state index contributed by atoms with van der Waals surface area (Å²) in [6.45, 7) is 1.66. The Balaban J connectivity index is 1.73. The van der Waals surface area contributed by atoms with Gasteiger partial charge in [0.05, 0.1) is 12.0 Å². The quantitative estimate of drug-likeness (QED) is 0.869. The van der Waals surface area contributed by atoms with Gasteiger partial charge in [0.2, 0.25) is 5.91 Å². The maximum absolute atomic E-state index is 12.2. The van der Waals surface area contributed by atoms with Gasteiger partial charge in [0, 0.05) is 13.1 Å². The maximum Gasteiger partial charge on any atom is 0.226 e. The Kier molecular flexibility index (Phi) is 3.83. The third-order valence-electron chi connectivity index (χ3n) is 4.48. The zero-order valence-electron chi connectivity index (χ0n) is 11.3. The maximum atomic E-state index is 12.2. The van der Waals surface area contributed by atoms with E-state index in [1.165, 1.54) is 31.2 Å². The molecule has 0 radical (unpaired) electrons. The highest BCUT2D eigenvalue weighted by Crippen LogP contribution is 2.35. The minimum absolute atomic E-state index is 0.174. The Hall–Kier alpha value is -1.35. The van der Waals surface area contributed by atoms with Crippen molar-refractivity contribution in [2.45, 2.75) is 31.7 Å². The lowest BCUT2D eigenvalue weighted by atomic mass is 9.90. The molecule has 1 aromatic carbocycles. The minimum atomic E-state index is 0.174. The average molecular weight is 258 g/mol. The SMILES string of the molecule is O=C(NC(c1ccccc1)C1CCCC1)C1CNC1. The highest BCUT2D eigenvalue weighted by atomic mass is 16.2. The molecule has 1 atom stereocenters. The highest BCUT2D eigenvalue weighted by molar-refractivity contribution is 5.80. The van der Waals surface area contributed by atoms with Gasteiger partial charge in [0.15, 0.2) is 0 Å². The second-order valence-electron chi connectivity index (χ2n) is 5.80. The number of rotatable bonds is 4. The molecule has 2 aliphatic rings. The predicted molar refractivity (Wildman–Crippen MR) is 75.6 cm³/mol. The van der Waals surface area contributed by atoms with Crippen molar-refractivity contribution in [1.82, 2.24) is 10.6 Å². The summed E-state index contributed by atoms with van der Waals surface area (Å²) >= 11 is 0. The summed E-state index contributed by atoms with van der Waals surface area (Å²) < 4.78 is 0. The second-order valence-corrected chi connectivity index (χ2v) is 5.80. The van der Waals surface area contributed by atoms with Crippen LogP contribution in [0, 0.1) is 11.8 Å². The molecule has 1 aliphatic heterocycles. The minimum Gasteiger partial charge on any atom is -0.349 e. The van der Waals surface area contributed by atoms with Crippen LogP contribution in [0.3, 0.4) is 0 Å². The van der Waals surface area contributed by atoms with E-state index >= 15 is 0 Å². The van der Waals surface area contributed by atoms with Gasteiger partial charge in [-0.2, -0.15) is 0 Å². The van der Waals surface area contributed by atoms with Crippen molar-refractivity contribution in [1.29, 1.82) is 0 Å². The molecule has 3 heteroatoms. The van der Waals surface area contributed by atoms with E-state index in [1.807, 2.05) is 6.07 Å². The van der Waals surface area contributed by atoms with Crippen molar-refractivity contribution < 1.29 is 4.79 Å². The van der Waals surface area contributed by atoms with Crippen molar-refractivity contribution in [3.05, 3.63) is 35.9 Å². The summed E-state index contributed by atoms with van der Waals surface area (Å²) in [4.78, 5) is 12.2. The van der Waals surface area contributed by atoms with E-state index < -0.39 is 0 Å². The van der Waals surface area contributed by atoms with Crippen LogP contribution >= 0.6 is 0 Å². The Morgan fingerprint density at radius 3 is 2.42 bits per heavy atom. The molecule has 1 aliphatic carbocycles. The van der Waals surface area contributed by atoms with Crippen molar-refractivity contribution in [3.63, 3.8) is 0 Å². The van der Waals surface area contributed by atoms with Gasteiger partial charge in [-0.3, -0.25) is 4.79 Å². The number of amides is 1. The van der Waals surface area contributed by atoms with Gasteiger partial charge in [-0.05, 0) is 24.3 Å². The monoisotopic (exact) mass is 258 g/mol. The fourth-order valence-corrected chi connectivity index (χ4v) is 3.17. The lowest BCUT2D eigenvalue weighted by Gasteiger charge is -2.31. The van der Waals surface area contributed by atoms with Crippen LogP contribution in [0.25, 0.3) is 0 Å². The molecule has 102 valence electrons. The van der Waals surface area contributed by atoms with Crippen molar-refractivity contribution in [2.75, 3.05) is 13.1 Å². The summed E-state index contributed by atoms with van der Waals surface area (Å²) in [5.41, 5.74) is 1.26. The zero-order valence-corrected chi connectivity index (χ0v) is 11.3.